The summed E-state index contributed by atoms with van der Waals surface area (Å²) in [5.41, 5.74) is 2.33. The Balaban J connectivity index is 0.703. The van der Waals surface area contributed by atoms with Gasteiger partial charge in [0.2, 0.25) is 11.8 Å². The van der Waals surface area contributed by atoms with Crippen molar-refractivity contribution in [2.75, 3.05) is 81.4 Å². The van der Waals surface area contributed by atoms with Crippen LogP contribution in [0.25, 0.3) is 5.65 Å². The number of ether oxygens (including phenoxy) is 3. The van der Waals surface area contributed by atoms with Crippen LogP contribution < -0.4 is 26.2 Å². The van der Waals surface area contributed by atoms with Gasteiger partial charge in [-0.25, -0.2) is 9.50 Å². The van der Waals surface area contributed by atoms with Crippen LogP contribution in [0.1, 0.15) is 79.1 Å². The summed E-state index contributed by atoms with van der Waals surface area (Å²) in [4.78, 5) is 71.0. The van der Waals surface area contributed by atoms with Crippen molar-refractivity contribution in [3.63, 3.8) is 0 Å². The van der Waals surface area contributed by atoms with E-state index in [1.165, 1.54) is 6.07 Å². The van der Waals surface area contributed by atoms with E-state index in [1.807, 2.05) is 12.1 Å². The standard InChI is InChI=1S/C49H49ClF3N9O8/c1-30-31(4-2-5-37(30)45(64)57-35-27-32(49(51,52)53)26-33(50)28-35)8-9-36-29-56-41-11-12-42(59-62(36)41)60-18-14-34(15-19-60)54-16-20-68-22-24-70-25-23-69-21-17-55-39-7-3-6-38-44(39)48(67)61(47(38)66)40-10-13-43(63)58-46(40)65/h2-7,11-12,26-29,34,40,54-55H,10,13-25H2,1H3,(H,57,64)(H,58,63,65). The number of nitrogens with zero attached hydrogens (tertiary/aromatic N) is 5. The fourth-order valence-corrected chi connectivity index (χ4v) is 8.63. The van der Waals surface area contributed by atoms with Crippen molar-refractivity contribution >= 4 is 64.0 Å². The van der Waals surface area contributed by atoms with Crippen LogP contribution in [0, 0.1) is 18.8 Å². The monoisotopic (exact) mass is 983 g/mol. The van der Waals surface area contributed by atoms with Gasteiger partial charge in [0.25, 0.3) is 17.7 Å². The number of fused-ring (bicyclic) bond motifs is 2. The number of hydrogen-bond acceptors (Lipinski definition) is 13. The summed E-state index contributed by atoms with van der Waals surface area (Å²) < 4.78 is 58.7. The lowest BCUT2D eigenvalue weighted by molar-refractivity contribution is -0.138. The van der Waals surface area contributed by atoms with Gasteiger partial charge in [-0.15, -0.1) is 5.10 Å². The minimum atomic E-state index is -4.63. The zero-order valence-corrected chi connectivity index (χ0v) is 38.8. The van der Waals surface area contributed by atoms with E-state index >= 15 is 0 Å². The van der Waals surface area contributed by atoms with Gasteiger partial charge in [0.05, 0.1) is 62.5 Å². The summed E-state index contributed by atoms with van der Waals surface area (Å²) in [6.07, 6.45) is -1.04. The van der Waals surface area contributed by atoms with E-state index in [0.717, 1.165) is 48.8 Å². The second-order valence-corrected chi connectivity index (χ2v) is 17.1. The molecule has 5 aromatic rings. The maximum atomic E-state index is 13.3. The van der Waals surface area contributed by atoms with Gasteiger partial charge in [-0.2, -0.15) is 13.2 Å². The van der Waals surface area contributed by atoms with Crippen molar-refractivity contribution in [3.8, 4) is 11.8 Å². The zero-order valence-electron chi connectivity index (χ0n) is 38.0. The van der Waals surface area contributed by atoms with E-state index in [9.17, 15) is 37.1 Å². The number of rotatable bonds is 18. The Morgan fingerprint density at radius 1 is 0.871 bits per heavy atom. The van der Waals surface area contributed by atoms with Crippen molar-refractivity contribution < 1.29 is 51.4 Å². The van der Waals surface area contributed by atoms with Crippen molar-refractivity contribution in [1.29, 1.82) is 0 Å². The van der Waals surface area contributed by atoms with E-state index < -0.39 is 47.3 Å². The van der Waals surface area contributed by atoms with E-state index in [-0.39, 0.29) is 40.2 Å². The smallest absolute Gasteiger partial charge is 0.382 e. The number of alkyl halides is 3. The second-order valence-electron chi connectivity index (χ2n) is 16.7. The number of piperidine rings is 2. The second kappa shape index (κ2) is 22.2. The van der Waals surface area contributed by atoms with Crippen molar-refractivity contribution in [3.05, 3.63) is 117 Å². The molecule has 2 aromatic heterocycles. The van der Waals surface area contributed by atoms with Gasteiger partial charge < -0.3 is 35.1 Å². The third-order valence-corrected chi connectivity index (χ3v) is 12.2. The minimum Gasteiger partial charge on any atom is -0.382 e. The number of benzene rings is 3. The molecule has 5 amide bonds. The van der Waals surface area contributed by atoms with E-state index in [1.54, 1.807) is 54.0 Å². The lowest BCUT2D eigenvalue weighted by Crippen LogP contribution is -2.54. The highest BCUT2D eigenvalue weighted by atomic mass is 35.5. The summed E-state index contributed by atoms with van der Waals surface area (Å²) in [6.45, 7) is 6.78. The molecule has 2 fully saturated rings. The lowest BCUT2D eigenvalue weighted by Gasteiger charge is -2.33. The Kier molecular flexibility index (Phi) is 15.7. The van der Waals surface area contributed by atoms with Crippen LogP contribution in [0.5, 0.6) is 0 Å². The number of nitrogens with one attached hydrogen (secondary N) is 4. The molecule has 0 aliphatic carbocycles. The number of aromatic nitrogens is 3. The largest absolute Gasteiger partial charge is 0.416 e. The minimum absolute atomic E-state index is 0.0507. The van der Waals surface area contributed by atoms with Crippen LogP contribution >= 0.6 is 11.6 Å². The Morgan fingerprint density at radius 2 is 1.60 bits per heavy atom. The van der Waals surface area contributed by atoms with Gasteiger partial charge in [0.15, 0.2) is 5.65 Å². The first-order chi connectivity index (χ1) is 33.7. The van der Waals surface area contributed by atoms with Crippen LogP contribution in [0.3, 0.4) is 0 Å². The highest BCUT2D eigenvalue weighted by molar-refractivity contribution is 6.31. The molecule has 3 aromatic carbocycles. The molecule has 3 aliphatic rings. The van der Waals surface area contributed by atoms with E-state index in [4.69, 9.17) is 30.9 Å². The topological polar surface area (TPSA) is 198 Å². The molecule has 2 saturated heterocycles. The molecule has 21 heteroatoms. The molecule has 3 aliphatic heterocycles. The highest BCUT2D eigenvalue weighted by Gasteiger charge is 2.45. The van der Waals surface area contributed by atoms with Gasteiger partial charge in [-0.3, -0.25) is 34.2 Å². The first-order valence-electron chi connectivity index (χ1n) is 22.7. The number of carbonyl (C=O) groups is 5. The van der Waals surface area contributed by atoms with Crippen LogP contribution in [-0.4, -0.2) is 127 Å². The molecule has 70 heavy (non-hydrogen) atoms. The maximum absolute atomic E-state index is 13.3. The van der Waals surface area contributed by atoms with Gasteiger partial charge >= 0.3 is 6.18 Å². The summed E-state index contributed by atoms with van der Waals surface area (Å²) in [7, 11) is 0. The average Bonchev–Trinajstić information content (AvgIpc) is 3.86. The lowest BCUT2D eigenvalue weighted by atomic mass is 10.0. The highest BCUT2D eigenvalue weighted by Crippen LogP contribution is 2.34. The van der Waals surface area contributed by atoms with Gasteiger partial charge in [-0.05, 0) is 92.3 Å². The third-order valence-electron chi connectivity index (χ3n) is 12.0. The van der Waals surface area contributed by atoms with Gasteiger partial charge in [0, 0.05) is 66.2 Å². The average molecular weight is 984 g/mol. The SMILES string of the molecule is Cc1c(C#Cc2cnc3ccc(N4CCC(NCCOCCOCCOCCNc5cccc6c5C(=O)N(C5CCC(=O)NC5=O)C6=O)CC4)nn23)cccc1C(=O)Nc1cc(Cl)cc(C(F)(F)F)c1. The molecule has 1 atom stereocenters. The number of halogens is 4. The quantitative estimate of drug-likeness (QED) is 0.0490. The maximum Gasteiger partial charge on any atom is 0.416 e. The predicted octanol–water partition coefficient (Wildman–Crippen LogP) is 5.48. The molecule has 0 saturated carbocycles. The molecule has 0 bridgehead atoms. The Hall–Kier alpha value is -6.89. The van der Waals surface area contributed by atoms with Crippen molar-refractivity contribution in [1.82, 2.24) is 30.1 Å². The molecule has 4 N–H and O–H groups in total. The molecule has 8 rings (SSSR count). The van der Waals surface area contributed by atoms with Crippen LogP contribution in [0.2, 0.25) is 5.02 Å². The molecule has 1 unspecified atom stereocenters. The number of imidazole rings is 1. The number of carbonyl (C=O) groups excluding carboxylic acids is 5. The van der Waals surface area contributed by atoms with Crippen molar-refractivity contribution in [2.45, 2.75) is 50.9 Å². The first kappa shape index (κ1) is 49.5. The van der Waals surface area contributed by atoms with Crippen LogP contribution in [0.4, 0.5) is 30.4 Å². The number of hydrogen-bond donors (Lipinski definition) is 4. The fraction of sp³-hybridized carbons (Fsp3) is 0.367. The molecule has 0 radical (unpaired) electrons. The van der Waals surface area contributed by atoms with E-state index in [0.29, 0.717) is 86.9 Å². The Labute approximate surface area is 405 Å². The molecular formula is C49H49ClF3N9O8. The summed E-state index contributed by atoms with van der Waals surface area (Å²) in [6, 6.07) is 15.9. The fourth-order valence-electron chi connectivity index (χ4n) is 8.40. The predicted molar refractivity (Wildman–Crippen MR) is 252 cm³/mol. The van der Waals surface area contributed by atoms with Crippen LogP contribution in [0.15, 0.2) is 72.9 Å². The Bertz CT molecular complexity index is 2860. The van der Waals surface area contributed by atoms with Crippen LogP contribution in [-0.2, 0) is 30.0 Å². The third kappa shape index (κ3) is 11.7. The Morgan fingerprint density at radius 3 is 2.34 bits per heavy atom. The molecule has 0 spiro atoms. The molecule has 366 valence electrons. The zero-order chi connectivity index (χ0) is 49.4. The molecule has 17 nitrogen and oxygen atoms in total. The van der Waals surface area contributed by atoms with Gasteiger partial charge in [-0.1, -0.05) is 29.7 Å². The number of imide groups is 2. The first-order valence-corrected chi connectivity index (χ1v) is 23.1. The summed E-state index contributed by atoms with van der Waals surface area (Å²) in [5.74, 6) is 4.19. The normalized spacial score (nSPS) is 16.3. The summed E-state index contributed by atoms with van der Waals surface area (Å²) >= 11 is 5.90. The van der Waals surface area contributed by atoms with E-state index in [2.05, 4.69) is 43.0 Å². The number of anilines is 3. The molecule has 5 heterocycles. The number of amides is 5. The van der Waals surface area contributed by atoms with Crippen molar-refractivity contribution in [2.24, 2.45) is 0 Å². The van der Waals surface area contributed by atoms with Gasteiger partial charge in [0.1, 0.15) is 17.6 Å². The summed E-state index contributed by atoms with van der Waals surface area (Å²) in [5, 5.41) is 16.1. The molecular weight excluding hydrogens is 935 g/mol.